The summed E-state index contributed by atoms with van der Waals surface area (Å²) >= 11 is 1.42. The van der Waals surface area contributed by atoms with Crippen molar-refractivity contribution in [1.82, 2.24) is 9.78 Å². The van der Waals surface area contributed by atoms with Crippen LogP contribution in [-0.4, -0.2) is 21.6 Å². The molecule has 0 spiro atoms. The smallest absolute Gasteiger partial charge is 0.369 e. The summed E-state index contributed by atoms with van der Waals surface area (Å²) in [5.74, 6) is -0.407. The molecule has 0 saturated heterocycles. The van der Waals surface area contributed by atoms with Crippen LogP contribution in [0.1, 0.15) is 26.6 Å². The molecule has 0 aliphatic heterocycles. The molecule has 2 N–H and O–H groups in total. The molecule has 122 valence electrons. The van der Waals surface area contributed by atoms with Gasteiger partial charge in [-0.1, -0.05) is 29.4 Å². The third-order valence-corrected chi connectivity index (χ3v) is 4.39. The second-order valence-corrected chi connectivity index (χ2v) is 6.07. The van der Waals surface area contributed by atoms with Crippen LogP contribution >= 0.6 is 11.3 Å². The van der Waals surface area contributed by atoms with Gasteiger partial charge in [-0.15, -0.1) is 11.3 Å². The van der Waals surface area contributed by atoms with Gasteiger partial charge >= 0.3 is 5.97 Å². The van der Waals surface area contributed by atoms with E-state index in [1.165, 1.54) is 11.3 Å². The number of aryl methyl sites for hydroxylation is 1. The number of hydrogen-bond donors (Lipinski definition) is 1. The van der Waals surface area contributed by atoms with Crippen LogP contribution in [0.2, 0.25) is 0 Å². The van der Waals surface area contributed by atoms with Crippen LogP contribution in [0.15, 0.2) is 53.0 Å². The highest BCUT2D eigenvalue weighted by atomic mass is 32.1. The molecule has 0 radical (unpaired) electrons. The molecule has 0 fully saturated rings. The monoisotopic (exact) mass is 340 g/mol. The molecule has 0 amide bonds. The largest absolute Gasteiger partial charge is 0.380 e. The van der Waals surface area contributed by atoms with E-state index in [1.807, 2.05) is 48.7 Å². The van der Waals surface area contributed by atoms with Gasteiger partial charge in [-0.25, -0.2) is 9.48 Å². The Morgan fingerprint density at radius 2 is 1.96 bits per heavy atom. The Morgan fingerprint density at radius 3 is 2.62 bits per heavy atom. The summed E-state index contributed by atoms with van der Waals surface area (Å²) in [5, 5.41) is 10.0. The van der Waals surface area contributed by atoms with Crippen LogP contribution in [0, 0.1) is 13.8 Å². The third kappa shape index (κ3) is 3.07. The van der Waals surface area contributed by atoms with Gasteiger partial charge in [-0.2, -0.15) is 5.10 Å². The van der Waals surface area contributed by atoms with E-state index >= 15 is 0 Å². The number of oxime groups is 1. The molecule has 0 aliphatic rings. The van der Waals surface area contributed by atoms with Crippen molar-refractivity contribution < 1.29 is 9.63 Å². The lowest BCUT2D eigenvalue weighted by atomic mass is 10.2. The van der Waals surface area contributed by atoms with E-state index in [1.54, 1.807) is 17.7 Å². The molecule has 3 rings (SSSR count). The quantitative estimate of drug-likeness (QED) is 0.342. The Labute approximate surface area is 143 Å². The molecule has 1 aromatic carbocycles. The number of hydrogen-bond acceptors (Lipinski definition) is 5. The third-order valence-electron chi connectivity index (χ3n) is 3.50. The first-order valence-corrected chi connectivity index (χ1v) is 8.16. The van der Waals surface area contributed by atoms with Crippen LogP contribution < -0.4 is 5.73 Å². The maximum atomic E-state index is 12.4. The zero-order valence-corrected chi connectivity index (χ0v) is 14.1. The highest BCUT2D eigenvalue weighted by Crippen LogP contribution is 2.19. The first-order chi connectivity index (χ1) is 11.6. The van der Waals surface area contributed by atoms with E-state index in [4.69, 9.17) is 10.6 Å². The average molecular weight is 340 g/mol. The van der Waals surface area contributed by atoms with Crippen molar-refractivity contribution in [3.8, 4) is 5.69 Å². The van der Waals surface area contributed by atoms with Gasteiger partial charge in [0.15, 0.2) is 5.84 Å². The summed E-state index contributed by atoms with van der Waals surface area (Å²) in [5.41, 5.74) is 8.33. The lowest BCUT2D eigenvalue weighted by Gasteiger charge is -2.04. The van der Waals surface area contributed by atoms with E-state index in [0.717, 1.165) is 10.6 Å². The van der Waals surface area contributed by atoms with Gasteiger partial charge in [0.2, 0.25) is 0 Å². The SMILES string of the molecule is Cc1nn(-c2ccccc2)c(C)c1C(=O)O/N=C(\N)c1cccs1. The van der Waals surface area contributed by atoms with E-state index in [-0.39, 0.29) is 5.84 Å². The summed E-state index contributed by atoms with van der Waals surface area (Å²) in [4.78, 5) is 18.1. The summed E-state index contributed by atoms with van der Waals surface area (Å²) in [6.45, 7) is 3.57. The molecule has 6 nitrogen and oxygen atoms in total. The fourth-order valence-corrected chi connectivity index (χ4v) is 2.98. The Kier molecular flexibility index (Phi) is 4.43. The molecule has 0 unspecified atom stereocenters. The van der Waals surface area contributed by atoms with Crippen LogP contribution in [-0.2, 0) is 4.84 Å². The maximum Gasteiger partial charge on any atom is 0.369 e. The molecule has 24 heavy (non-hydrogen) atoms. The van der Waals surface area contributed by atoms with Crippen molar-refractivity contribution in [1.29, 1.82) is 0 Å². The predicted octanol–water partition coefficient (Wildman–Crippen LogP) is 3.03. The van der Waals surface area contributed by atoms with Crippen LogP contribution in [0.4, 0.5) is 0 Å². The fourth-order valence-electron chi connectivity index (χ4n) is 2.36. The number of thiophene rings is 1. The van der Waals surface area contributed by atoms with Gasteiger partial charge in [0.25, 0.3) is 0 Å². The summed E-state index contributed by atoms with van der Waals surface area (Å²) < 4.78 is 1.71. The fraction of sp³-hybridized carbons (Fsp3) is 0.118. The standard InChI is InChI=1S/C17H16N4O2S/c1-11-15(12(2)21(19-11)13-7-4-3-5-8-13)17(22)23-20-16(18)14-9-6-10-24-14/h3-10H,1-2H3,(H2,18,20). The molecule has 0 bridgehead atoms. The maximum absolute atomic E-state index is 12.4. The van der Waals surface area contributed by atoms with Crippen molar-refractivity contribution in [2.45, 2.75) is 13.8 Å². The average Bonchev–Trinajstić information content (AvgIpc) is 3.22. The lowest BCUT2D eigenvalue weighted by Crippen LogP contribution is -2.14. The zero-order valence-electron chi connectivity index (χ0n) is 13.3. The van der Waals surface area contributed by atoms with Gasteiger partial charge in [0.1, 0.15) is 5.56 Å². The van der Waals surface area contributed by atoms with Gasteiger partial charge in [-0.3, -0.25) is 0 Å². The van der Waals surface area contributed by atoms with Crippen LogP contribution in [0.25, 0.3) is 5.69 Å². The number of amidine groups is 1. The summed E-state index contributed by atoms with van der Waals surface area (Å²) in [7, 11) is 0. The number of nitrogens with two attached hydrogens (primary N) is 1. The van der Waals surface area contributed by atoms with Gasteiger partial charge < -0.3 is 10.6 Å². The Morgan fingerprint density at radius 1 is 1.21 bits per heavy atom. The second-order valence-electron chi connectivity index (χ2n) is 5.13. The number of carbonyl (C=O) groups is 1. The zero-order chi connectivity index (χ0) is 17.1. The second kappa shape index (κ2) is 6.67. The van der Waals surface area contributed by atoms with Crippen molar-refractivity contribution in [3.63, 3.8) is 0 Å². The molecule has 3 aromatic rings. The van der Waals surface area contributed by atoms with Crippen molar-refractivity contribution >= 4 is 23.1 Å². The number of benzene rings is 1. The molecule has 2 heterocycles. The van der Waals surface area contributed by atoms with E-state index in [2.05, 4.69) is 10.3 Å². The molecule has 0 aliphatic carbocycles. The van der Waals surface area contributed by atoms with Crippen LogP contribution in [0.5, 0.6) is 0 Å². The normalized spacial score (nSPS) is 11.5. The van der Waals surface area contributed by atoms with Crippen molar-refractivity contribution in [2.75, 3.05) is 0 Å². The highest BCUT2D eigenvalue weighted by molar-refractivity contribution is 7.12. The molecule has 7 heteroatoms. The Hall–Kier alpha value is -2.93. The predicted molar refractivity (Wildman–Crippen MR) is 93.5 cm³/mol. The molecule has 2 aromatic heterocycles. The minimum Gasteiger partial charge on any atom is -0.380 e. The van der Waals surface area contributed by atoms with E-state index < -0.39 is 5.97 Å². The summed E-state index contributed by atoms with van der Waals surface area (Å²) in [6, 6.07) is 13.2. The topological polar surface area (TPSA) is 82.5 Å². The molecule has 0 saturated carbocycles. The lowest BCUT2D eigenvalue weighted by molar-refractivity contribution is 0.0514. The number of para-hydroxylation sites is 1. The minimum atomic E-state index is -0.577. The van der Waals surface area contributed by atoms with Crippen molar-refractivity contribution in [2.24, 2.45) is 10.9 Å². The first kappa shape index (κ1) is 15.9. The Bertz CT molecular complexity index is 883. The number of aromatic nitrogens is 2. The number of carbonyl (C=O) groups excluding carboxylic acids is 1. The summed E-state index contributed by atoms with van der Waals surface area (Å²) in [6.07, 6.45) is 0. The van der Waals surface area contributed by atoms with E-state index in [9.17, 15) is 4.79 Å². The van der Waals surface area contributed by atoms with Crippen LogP contribution in [0.3, 0.4) is 0 Å². The number of nitrogens with zero attached hydrogens (tertiary/aromatic N) is 3. The first-order valence-electron chi connectivity index (χ1n) is 7.28. The van der Waals surface area contributed by atoms with Gasteiger partial charge in [-0.05, 0) is 37.4 Å². The minimum absolute atomic E-state index is 0.170. The molecular weight excluding hydrogens is 324 g/mol. The van der Waals surface area contributed by atoms with Crippen molar-refractivity contribution in [3.05, 3.63) is 69.7 Å². The van der Waals surface area contributed by atoms with E-state index in [0.29, 0.717) is 17.0 Å². The Balaban J connectivity index is 1.86. The van der Waals surface area contributed by atoms with Gasteiger partial charge in [0.05, 0.1) is 22.0 Å². The highest BCUT2D eigenvalue weighted by Gasteiger charge is 2.21. The number of rotatable bonds is 4. The molecule has 0 atom stereocenters. The molecular formula is C17H16N4O2S. The van der Waals surface area contributed by atoms with Gasteiger partial charge in [0, 0.05) is 0 Å².